The summed E-state index contributed by atoms with van der Waals surface area (Å²) in [5.41, 5.74) is 2.36. The minimum Gasteiger partial charge on any atom is -0.391 e. The maximum atomic E-state index is 10.3. The molecule has 0 bridgehead atoms. The number of nitrogens with one attached hydrogen (secondary N) is 1. The van der Waals surface area contributed by atoms with E-state index in [2.05, 4.69) is 37.2 Å². The molecule has 1 fully saturated rings. The molecule has 0 saturated heterocycles. The van der Waals surface area contributed by atoms with Gasteiger partial charge in [-0.25, -0.2) is 0 Å². The Hall–Kier alpha value is -0.770. The highest BCUT2D eigenvalue weighted by atomic mass is 35.5. The lowest BCUT2D eigenvalue weighted by Crippen LogP contribution is -2.44. The van der Waals surface area contributed by atoms with Crippen molar-refractivity contribution in [2.75, 3.05) is 11.9 Å². The smallest absolute Gasteiger partial charge is 0.0743 e. The lowest BCUT2D eigenvalue weighted by molar-refractivity contribution is 0.106. The zero-order valence-corrected chi connectivity index (χ0v) is 14.0. The molecule has 2 N–H and O–H groups in total. The predicted molar refractivity (Wildman–Crippen MR) is 90.1 cm³/mol. The van der Waals surface area contributed by atoms with Gasteiger partial charge in [0.05, 0.1) is 12.1 Å². The number of hydrogen-bond acceptors (Lipinski definition) is 3. The molecule has 0 amide bonds. The molecule has 2 atom stereocenters. The molecule has 3 nitrogen and oxygen atoms in total. The molecule has 21 heavy (non-hydrogen) atoms. The molecular formula is C17H27ClN2O. The fourth-order valence-corrected chi connectivity index (χ4v) is 3.22. The minimum absolute atomic E-state index is 0.190. The number of benzene rings is 1. The van der Waals surface area contributed by atoms with Crippen LogP contribution in [0.3, 0.4) is 0 Å². The van der Waals surface area contributed by atoms with E-state index in [1.54, 1.807) is 0 Å². The average Bonchev–Trinajstić information content (AvgIpc) is 2.45. The normalized spacial score (nSPS) is 22.6. The standard InChI is InChI=1S/C17H27ClN2O/c1-12(2)19-11-13-8-9-14(18)10-16(13)20(3)15-6-4-5-7-17(15)21/h8-10,12,15,17,19,21H,4-7,11H2,1-3H3. The number of hydrogen-bond donors (Lipinski definition) is 2. The topological polar surface area (TPSA) is 35.5 Å². The molecule has 2 rings (SSSR count). The Morgan fingerprint density at radius 3 is 2.71 bits per heavy atom. The average molecular weight is 311 g/mol. The highest BCUT2D eigenvalue weighted by molar-refractivity contribution is 6.30. The maximum Gasteiger partial charge on any atom is 0.0743 e. The van der Waals surface area contributed by atoms with Crippen molar-refractivity contribution in [2.24, 2.45) is 0 Å². The number of aliphatic hydroxyl groups is 1. The second-order valence-corrected chi connectivity index (χ2v) is 6.78. The van der Waals surface area contributed by atoms with Crippen LogP contribution in [0.4, 0.5) is 5.69 Å². The van der Waals surface area contributed by atoms with Crippen LogP contribution in [0.2, 0.25) is 5.02 Å². The van der Waals surface area contributed by atoms with Gasteiger partial charge >= 0.3 is 0 Å². The minimum atomic E-state index is -0.242. The summed E-state index contributed by atoms with van der Waals surface area (Å²) < 4.78 is 0. The number of halogens is 1. The summed E-state index contributed by atoms with van der Waals surface area (Å²) in [7, 11) is 2.07. The van der Waals surface area contributed by atoms with Crippen LogP contribution in [0.15, 0.2) is 18.2 Å². The van der Waals surface area contributed by atoms with Gasteiger partial charge in [0.2, 0.25) is 0 Å². The second-order valence-electron chi connectivity index (χ2n) is 6.34. The molecule has 0 spiro atoms. The van der Waals surface area contributed by atoms with Gasteiger partial charge in [-0.15, -0.1) is 0 Å². The summed E-state index contributed by atoms with van der Waals surface area (Å²) in [5.74, 6) is 0. The molecule has 0 aromatic heterocycles. The second kappa shape index (κ2) is 7.48. The molecular weight excluding hydrogens is 284 g/mol. The summed E-state index contributed by atoms with van der Waals surface area (Å²) in [6.45, 7) is 5.10. The number of anilines is 1. The van der Waals surface area contributed by atoms with Crippen LogP contribution in [0.5, 0.6) is 0 Å². The largest absolute Gasteiger partial charge is 0.391 e. The van der Waals surface area contributed by atoms with Gasteiger partial charge in [0.15, 0.2) is 0 Å². The number of aliphatic hydroxyl groups excluding tert-OH is 1. The van der Waals surface area contributed by atoms with Gasteiger partial charge in [-0.3, -0.25) is 0 Å². The fourth-order valence-electron chi connectivity index (χ4n) is 3.05. The van der Waals surface area contributed by atoms with Crippen molar-refractivity contribution >= 4 is 17.3 Å². The molecule has 2 unspecified atom stereocenters. The zero-order valence-electron chi connectivity index (χ0n) is 13.3. The van der Waals surface area contributed by atoms with Gasteiger partial charge in [-0.1, -0.05) is 44.4 Å². The van der Waals surface area contributed by atoms with E-state index < -0.39 is 0 Å². The Morgan fingerprint density at radius 1 is 1.33 bits per heavy atom. The van der Waals surface area contributed by atoms with Gasteiger partial charge in [-0.2, -0.15) is 0 Å². The Bertz CT molecular complexity index is 464. The van der Waals surface area contributed by atoms with Crippen LogP contribution in [0.25, 0.3) is 0 Å². The molecule has 0 aliphatic heterocycles. The van der Waals surface area contributed by atoms with E-state index in [1.165, 1.54) is 12.0 Å². The summed E-state index contributed by atoms with van der Waals surface area (Å²) in [6, 6.07) is 6.67. The first-order chi connectivity index (χ1) is 9.99. The molecule has 4 heteroatoms. The predicted octanol–water partition coefficient (Wildman–Crippen LogP) is 3.58. The summed E-state index contributed by atoms with van der Waals surface area (Å²) in [4.78, 5) is 2.22. The molecule has 0 radical (unpaired) electrons. The van der Waals surface area contributed by atoms with Crippen molar-refractivity contribution in [3.05, 3.63) is 28.8 Å². The van der Waals surface area contributed by atoms with Crippen molar-refractivity contribution in [1.82, 2.24) is 5.32 Å². The molecule has 0 heterocycles. The van der Waals surface area contributed by atoms with Crippen molar-refractivity contribution in [3.8, 4) is 0 Å². The Morgan fingerprint density at radius 2 is 2.05 bits per heavy atom. The van der Waals surface area contributed by atoms with Crippen LogP contribution < -0.4 is 10.2 Å². The lowest BCUT2D eigenvalue weighted by Gasteiger charge is -2.37. The van der Waals surface area contributed by atoms with Gasteiger partial charge < -0.3 is 15.3 Å². The molecule has 1 aromatic rings. The van der Waals surface area contributed by atoms with Gasteiger partial charge in [0.25, 0.3) is 0 Å². The van der Waals surface area contributed by atoms with E-state index in [1.807, 2.05) is 12.1 Å². The van der Waals surface area contributed by atoms with E-state index in [0.29, 0.717) is 6.04 Å². The van der Waals surface area contributed by atoms with Crippen molar-refractivity contribution < 1.29 is 5.11 Å². The monoisotopic (exact) mass is 310 g/mol. The first kappa shape index (κ1) is 16.6. The molecule has 1 saturated carbocycles. The van der Waals surface area contributed by atoms with Crippen LogP contribution in [-0.2, 0) is 6.54 Å². The molecule has 1 aliphatic rings. The Kier molecular flexibility index (Phi) is 5.91. The third-order valence-corrected chi connectivity index (χ3v) is 4.55. The quantitative estimate of drug-likeness (QED) is 0.872. The Balaban J connectivity index is 2.21. The number of likely N-dealkylation sites (N-methyl/N-ethyl adjacent to an activating group) is 1. The van der Waals surface area contributed by atoms with E-state index in [4.69, 9.17) is 11.6 Å². The van der Waals surface area contributed by atoms with E-state index in [0.717, 1.165) is 36.5 Å². The third kappa shape index (κ3) is 4.35. The van der Waals surface area contributed by atoms with Gasteiger partial charge in [0, 0.05) is 30.3 Å². The molecule has 1 aromatic carbocycles. The lowest BCUT2D eigenvalue weighted by atomic mass is 9.91. The SMILES string of the molecule is CC(C)NCc1ccc(Cl)cc1N(C)C1CCCCC1O. The molecule has 118 valence electrons. The third-order valence-electron chi connectivity index (χ3n) is 4.32. The van der Waals surface area contributed by atoms with Crippen LogP contribution in [0, 0.1) is 0 Å². The molecule has 1 aliphatic carbocycles. The zero-order chi connectivity index (χ0) is 15.4. The van der Waals surface area contributed by atoms with Gasteiger partial charge in [0.1, 0.15) is 0 Å². The highest BCUT2D eigenvalue weighted by Gasteiger charge is 2.27. The van der Waals surface area contributed by atoms with E-state index in [-0.39, 0.29) is 12.1 Å². The summed E-state index contributed by atoms with van der Waals surface area (Å²) in [5, 5.41) is 14.5. The summed E-state index contributed by atoms with van der Waals surface area (Å²) >= 11 is 6.19. The Labute approximate surface area is 133 Å². The van der Waals surface area contributed by atoms with Crippen LogP contribution in [-0.4, -0.2) is 30.3 Å². The van der Waals surface area contributed by atoms with Crippen LogP contribution in [0.1, 0.15) is 45.1 Å². The fraction of sp³-hybridized carbons (Fsp3) is 0.647. The van der Waals surface area contributed by atoms with Gasteiger partial charge in [-0.05, 0) is 30.5 Å². The van der Waals surface area contributed by atoms with Crippen molar-refractivity contribution in [3.63, 3.8) is 0 Å². The first-order valence-corrected chi connectivity index (χ1v) is 8.29. The van der Waals surface area contributed by atoms with Crippen LogP contribution >= 0.6 is 11.6 Å². The first-order valence-electron chi connectivity index (χ1n) is 7.91. The number of rotatable bonds is 5. The number of nitrogens with zero attached hydrogens (tertiary/aromatic N) is 1. The van der Waals surface area contributed by atoms with E-state index >= 15 is 0 Å². The summed E-state index contributed by atoms with van der Waals surface area (Å²) in [6.07, 6.45) is 4.01. The van der Waals surface area contributed by atoms with Crippen molar-refractivity contribution in [2.45, 2.75) is 64.3 Å². The highest BCUT2D eigenvalue weighted by Crippen LogP contribution is 2.30. The van der Waals surface area contributed by atoms with E-state index in [9.17, 15) is 5.11 Å². The maximum absolute atomic E-state index is 10.3. The van der Waals surface area contributed by atoms with Crippen molar-refractivity contribution in [1.29, 1.82) is 0 Å².